The average molecular weight is 447 g/mol. The molecule has 1 saturated heterocycles. The Morgan fingerprint density at radius 1 is 0.824 bits per heavy atom. The maximum absolute atomic E-state index is 9.24. The summed E-state index contributed by atoms with van der Waals surface area (Å²) in [5.41, 5.74) is 6.91. The van der Waals surface area contributed by atoms with E-state index in [1.54, 1.807) is 0 Å². The van der Waals surface area contributed by atoms with Crippen LogP contribution >= 0.6 is 0 Å². The molecule has 168 valence electrons. The average Bonchev–Trinajstić information content (AvgIpc) is 3.19. The van der Waals surface area contributed by atoms with E-state index in [4.69, 9.17) is 9.72 Å². The Morgan fingerprint density at radius 2 is 1.44 bits per heavy atom. The lowest BCUT2D eigenvalue weighted by atomic mass is 9.99. The van der Waals surface area contributed by atoms with Gasteiger partial charge in [-0.05, 0) is 16.7 Å². The molecule has 0 saturated carbocycles. The summed E-state index contributed by atoms with van der Waals surface area (Å²) in [4.78, 5) is 4.95. The number of ether oxygens (including phenoxy) is 1. The van der Waals surface area contributed by atoms with E-state index in [0.717, 1.165) is 53.2 Å². The summed E-state index contributed by atoms with van der Waals surface area (Å²) >= 11 is 0. The summed E-state index contributed by atoms with van der Waals surface area (Å²) in [5.74, 6) is 0.438. The first-order valence-electron chi connectivity index (χ1n) is 11.7. The molecule has 6 rings (SSSR count). The molecule has 0 spiro atoms. The zero-order valence-electron chi connectivity index (χ0n) is 18.9. The van der Waals surface area contributed by atoms with Crippen LogP contribution in [0.15, 0.2) is 97.3 Å². The van der Waals surface area contributed by atoms with Crippen LogP contribution in [0.3, 0.4) is 0 Å². The van der Waals surface area contributed by atoms with Crippen LogP contribution in [-0.4, -0.2) is 27.3 Å². The molecule has 5 aromatic rings. The van der Waals surface area contributed by atoms with Gasteiger partial charge in [0.25, 0.3) is 0 Å². The van der Waals surface area contributed by atoms with E-state index >= 15 is 0 Å². The van der Waals surface area contributed by atoms with Crippen molar-refractivity contribution in [3.63, 3.8) is 0 Å². The van der Waals surface area contributed by atoms with Gasteiger partial charge in [0, 0.05) is 24.6 Å². The van der Waals surface area contributed by atoms with E-state index in [-0.39, 0.29) is 0 Å². The fourth-order valence-corrected chi connectivity index (χ4v) is 4.80. The lowest BCUT2D eigenvalue weighted by molar-refractivity contribution is -0.0399. The zero-order chi connectivity index (χ0) is 22.9. The number of nitrogens with one attached hydrogen (secondary N) is 1. The lowest BCUT2D eigenvalue weighted by Crippen LogP contribution is -2.35. The molecule has 0 amide bonds. The van der Waals surface area contributed by atoms with E-state index in [1.807, 2.05) is 29.1 Å². The van der Waals surface area contributed by atoms with Gasteiger partial charge < -0.3 is 13.9 Å². The Kier molecular flexibility index (Phi) is 5.32. The van der Waals surface area contributed by atoms with Crippen molar-refractivity contribution in [1.82, 2.24) is 14.1 Å². The Labute approximate surface area is 198 Å². The monoisotopic (exact) mass is 446 g/mol. The molecule has 2 aromatic heterocycles. The second kappa shape index (κ2) is 8.76. The first-order chi connectivity index (χ1) is 16.8. The highest BCUT2D eigenvalue weighted by Gasteiger charge is 2.25. The molecule has 0 unspecified atom stereocenters. The van der Waals surface area contributed by atoms with Crippen molar-refractivity contribution >= 4 is 11.0 Å². The van der Waals surface area contributed by atoms with E-state index < -0.39 is 0 Å². The third-order valence-corrected chi connectivity index (χ3v) is 6.53. The molecule has 0 bridgehead atoms. The minimum Gasteiger partial charge on any atom is -0.381 e. The van der Waals surface area contributed by atoms with Gasteiger partial charge in [0.2, 0.25) is 0 Å². The van der Waals surface area contributed by atoms with E-state index in [1.165, 1.54) is 5.56 Å². The van der Waals surface area contributed by atoms with Crippen molar-refractivity contribution < 1.29 is 4.74 Å². The Bertz CT molecular complexity index is 1480. The van der Waals surface area contributed by atoms with E-state index in [2.05, 4.69) is 77.4 Å². The molecule has 0 aliphatic carbocycles. The van der Waals surface area contributed by atoms with Gasteiger partial charge in [-0.3, -0.25) is 5.41 Å². The molecule has 1 N–H and O–H groups in total. The van der Waals surface area contributed by atoms with Gasteiger partial charge in [0.05, 0.1) is 30.6 Å². The Hall–Kier alpha value is -3.96. The minimum atomic E-state index is 0.438. The summed E-state index contributed by atoms with van der Waals surface area (Å²) in [5, 5.41) is 10.1. The predicted octanol–water partition coefficient (Wildman–Crippen LogP) is 5.35. The number of rotatable bonds is 6. The second-order valence-corrected chi connectivity index (χ2v) is 8.88. The van der Waals surface area contributed by atoms with E-state index in [0.29, 0.717) is 18.0 Å². The normalized spacial score (nSPS) is 13.8. The van der Waals surface area contributed by atoms with Crippen molar-refractivity contribution in [2.24, 2.45) is 5.92 Å². The molecule has 3 aromatic carbocycles. The van der Waals surface area contributed by atoms with Crippen LogP contribution in [-0.2, 0) is 17.8 Å². The summed E-state index contributed by atoms with van der Waals surface area (Å²) in [6.45, 7) is 2.93. The van der Waals surface area contributed by atoms with Gasteiger partial charge in [0.15, 0.2) is 0 Å². The number of hydrogen-bond acceptors (Lipinski definition) is 3. The topological polar surface area (TPSA) is 55.8 Å². The van der Waals surface area contributed by atoms with Crippen LogP contribution in [0.4, 0.5) is 0 Å². The van der Waals surface area contributed by atoms with Crippen LogP contribution < -0.4 is 5.49 Å². The Morgan fingerprint density at radius 3 is 2.06 bits per heavy atom. The summed E-state index contributed by atoms with van der Waals surface area (Å²) < 4.78 is 9.63. The van der Waals surface area contributed by atoms with Crippen molar-refractivity contribution in [1.29, 1.82) is 5.41 Å². The number of hydrogen-bond donors (Lipinski definition) is 1. The van der Waals surface area contributed by atoms with Crippen LogP contribution in [0.25, 0.3) is 33.4 Å². The molecule has 1 aliphatic rings. The summed E-state index contributed by atoms with van der Waals surface area (Å²) in [6.07, 6.45) is 1.83. The predicted molar refractivity (Wildman–Crippen MR) is 134 cm³/mol. The first-order valence-corrected chi connectivity index (χ1v) is 11.7. The van der Waals surface area contributed by atoms with Gasteiger partial charge in [-0.2, -0.15) is 0 Å². The summed E-state index contributed by atoms with van der Waals surface area (Å²) in [6, 6.07) is 31.3. The zero-order valence-corrected chi connectivity index (χ0v) is 18.9. The Balaban J connectivity index is 1.67. The number of fused-ring (bicyclic) bond motifs is 1. The molecular weight excluding hydrogens is 420 g/mol. The molecule has 1 fully saturated rings. The second-order valence-electron chi connectivity index (χ2n) is 8.88. The van der Waals surface area contributed by atoms with Crippen LogP contribution in [0.5, 0.6) is 0 Å². The largest absolute Gasteiger partial charge is 0.381 e. The summed E-state index contributed by atoms with van der Waals surface area (Å²) in [7, 11) is 0. The lowest BCUT2D eigenvalue weighted by Gasteiger charge is -2.26. The highest BCUT2D eigenvalue weighted by atomic mass is 16.5. The number of nitrogens with zero attached hydrogens (tertiary/aromatic N) is 3. The van der Waals surface area contributed by atoms with Crippen molar-refractivity contribution in [3.8, 4) is 22.4 Å². The molecule has 0 radical (unpaired) electrons. The van der Waals surface area contributed by atoms with E-state index in [9.17, 15) is 5.41 Å². The number of aromatic nitrogens is 3. The van der Waals surface area contributed by atoms with Gasteiger partial charge in [-0.1, -0.05) is 91.0 Å². The maximum atomic E-state index is 9.24. The van der Waals surface area contributed by atoms with Crippen LogP contribution in [0.1, 0.15) is 5.56 Å². The number of benzene rings is 3. The van der Waals surface area contributed by atoms with Gasteiger partial charge in [0.1, 0.15) is 11.1 Å². The minimum absolute atomic E-state index is 0.438. The first kappa shape index (κ1) is 20.6. The van der Waals surface area contributed by atoms with Gasteiger partial charge in [-0.25, -0.2) is 4.98 Å². The highest BCUT2D eigenvalue weighted by Crippen LogP contribution is 2.39. The molecule has 5 heteroatoms. The molecule has 3 heterocycles. The highest BCUT2D eigenvalue weighted by molar-refractivity contribution is 6.02. The molecule has 34 heavy (non-hydrogen) atoms. The van der Waals surface area contributed by atoms with Gasteiger partial charge >= 0.3 is 0 Å². The fraction of sp³-hybridized carbons (Fsp3) is 0.172. The third-order valence-electron chi connectivity index (χ3n) is 6.53. The maximum Gasteiger partial charge on any atom is 0.146 e. The van der Waals surface area contributed by atoms with Crippen molar-refractivity contribution in [2.45, 2.75) is 13.1 Å². The van der Waals surface area contributed by atoms with Crippen molar-refractivity contribution in [3.05, 3.63) is 108 Å². The molecule has 5 nitrogen and oxygen atoms in total. The molecular formula is C29H26N4O. The molecule has 0 atom stereocenters. The molecule has 1 aliphatic heterocycles. The van der Waals surface area contributed by atoms with Crippen molar-refractivity contribution in [2.75, 3.05) is 13.2 Å². The smallest absolute Gasteiger partial charge is 0.146 e. The van der Waals surface area contributed by atoms with Crippen LogP contribution in [0.2, 0.25) is 0 Å². The third kappa shape index (κ3) is 3.64. The fourth-order valence-electron chi connectivity index (χ4n) is 4.80. The quantitative estimate of drug-likeness (QED) is 0.382. The SMILES string of the molecule is N=c1c2c(-c3ccccc3)c(-c3ccccc3)n(Cc3ccccc3)c2ncn1CC1COC1. The standard InChI is InChI=1S/C29H26N4O/c30-28-26-25(23-12-6-2-7-13-23)27(24-14-8-3-9-15-24)33(17-21-10-4-1-5-11-21)29(26)31-20-32(28)16-22-18-34-19-22/h1-15,20,22,30H,16-19H2. The van der Waals surface area contributed by atoms with Crippen LogP contribution in [0, 0.1) is 11.3 Å². The van der Waals surface area contributed by atoms with Gasteiger partial charge in [-0.15, -0.1) is 0 Å².